The van der Waals surface area contributed by atoms with Crippen LogP contribution in [0.4, 0.5) is 0 Å². The Morgan fingerprint density at radius 3 is 1.56 bits per heavy atom. The first-order chi connectivity index (χ1) is 28.8. The Hall–Kier alpha value is -6.64. The number of rotatable bonds is 4. The Labute approximate surface area is 346 Å². The molecule has 0 unspecified atom stereocenters. The van der Waals surface area contributed by atoms with Crippen LogP contribution in [0.2, 0.25) is 0 Å². The van der Waals surface area contributed by atoms with Gasteiger partial charge in [-0.3, -0.25) is 0 Å². The maximum Gasteiger partial charge on any atom is 0.0788 e. The minimum atomic E-state index is -0.490. The maximum atomic E-state index is 2.57. The Morgan fingerprint density at radius 1 is 0.356 bits per heavy atom. The van der Waals surface area contributed by atoms with Crippen molar-refractivity contribution in [2.24, 2.45) is 0 Å². The molecule has 2 aliphatic carbocycles. The largest absolute Gasteiger partial charge is 0.307 e. The van der Waals surface area contributed by atoms with Crippen LogP contribution in [0.15, 0.2) is 182 Å². The molecule has 0 atom stereocenters. The lowest BCUT2D eigenvalue weighted by molar-refractivity contribution is 0.332. The molecular weight excluding hydrogens is 713 g/mol. The Bertz CT molecular complexity index is 3270. The third-order valence-corrected chi connectivity index (χ3v) is 14.2. The first kappa shape index (κ1) is 34.4. The smallest absolute Gasteiger partial charge is 0.0788 e. The van der Waals surface area contributed by atoms with Gasteiger partial charge in [-0.1, -0.05) is 167 Å². The van der Waals surface area contributed by atoms with E-state index in [1.165, 1.54) is 107 Å². The van der Waals surface area contributed by atoms with E-state index in [0.717, 1.165) is 5.69 Å². The van der Waals surface area contributed by atoms with Crippen molar-refractivity contribution in [3.8, 4) is 22.5 Å². The van der Waals surface area contributed by atoms with Gasteiger partial charge in [0.2, 0.25) is 0 Å². The highest BCUT2D eigenvalue weighted by Gasteiger charge is 2.46. The second-order valence-electron chi connectivity index (χ2n) is 18.3. The van der Waals surface area contributed by atoms with Gasteiger partial charge in [0.15, 0.2) is 0 Å². The van der Waals surface area contributed by atoms with Crippen LogP contribution in [0.3, 0.4) is 0 Å². The third-order valence-electron chi connectivity index (χ3n) is 14.2. The molecule has 0 saturated carbocycles. The molecule has 0 fully saturated rings. The molecule has 2 heterocycles. The number of para-hydroxylation sites is 2. The van der Waals surface area contributed by atoms with Crippen LogP contribution in [0.5, 0.6) is 0 Å². The number of aromatic nitrogens is 2. The van der Waals surface area contributed by atoms with E-state index in [0.29, 0.717) is 0 Å². The average Bonchev–Trinajstić information content (AvgIpc) is 3.90. The van der Waals surface area contributed by atoms with Crippen LogP contribution in [0.1, 0.15) is 73.9 Å². The standard InChI is InChI=1S/C57H46N2/c1-55(2)32-33-56(3,4)50-36-52-46(35-49(50)55)45-31-30-44-43-25-15-17-27-51(43)59(53(44)54(45)58(52)39-22-12-7-13-23-39)40-28-29-42-41-24-14-16-26-47(41)57(48(42)34-40,37-18-8-5-9-19-37)38-20-10-6-11-21-38/h5-31,34-36H,32-33H2,1-4H3. The van der Waals surface area contributed by atoms with Gasteiger partial charge in [-0.15, -0.1) is 0 Å². The van der Waals surface area contributed by atoms with E-state index < -0.39 is 5.41 Å². The zero-order chi connectivity index (χ0) is 39.7. The summed E-state index contributed by atoms with van der Waals surface area (Å²) in [5, 5.41) is 5.14. The molecule has 2 aliphatic rings. The normalized spacial score (nSPS) is 16.1. The van der Waals surface area contributed by atoms with Gasteiger partial charge in [-0.05, 0) is 111 Å². The topological polar surface area (TPSA) is 9.86 Å². The van der Waals surface area contributed by atoms with Crippen LogP contribution in [0.25, 0.3) is 66.1 Å². The predicted octanol–water partition coefficient (Wildman–Crippen LogP) is 14.6. The molecule has 2 aromatic heterocycles. The molecule has 0 amide bonds. The van der Waals surface area contributed by atoms with Crippen molar-refractivity contribution < 1.29 is 0 Å². The first-order valence-corrected chi connectivity index (χ1v) is 21.2. The van der Waals surface area contributed by atoms with Gasteiger partial charge in [0, 0.05) is 32.9 Å². The molecule has 2 heteroatoms. The SMILES string of the molecule is CC1(C)CCC(C)(C)c2cc3c(cc21)c1ccc2c4ccccc4n(-c4ccc5c(c4)C(c4ccccc4)(c4ccccc4)c4ccccc4-5)c2c1n3-c1ccccc1. The molecule has 0 saturated heterocycles. The fraction of sp³-hybridized carbons (Fsp3) is 0.158. The fourth-order valence-electron chi connectivity index (χ4n) is 11.3. The highest BCUT2D eigenvalue weighted by atomic mass is 15.0. The van der Waals surface area contributed by atoms with Gasteiger partial charge < -0.3 is 9.13 Å². The Morgan fingerprint density at radius 2 is 0.881 bits per heavy atom. The minimum absolute atomic E-state index is 0.0905. The van der Waals surface area contributed by atoms with E-state index in [4.69, 9.17) is 0 Å². The Balaban J connectivity index is 1.24. The molecule has 0 spiro atoms. The van der Waals surface area contributed by atoms with E-state index in [-0.39, 0.29) is 10.8 Å². The lowest BCUT2D eigenvalue weighted by Crippen LogP contribution is -2.33. The highest BCUT2D eigenvalue weighted by Crippen LogP contribution is 2.57. The molecule has 0 aliphatic heterocycles. The van der Waals surface area contributed by atoms with Crippen LogP contribution >= 0.6 is 0 Å². The molecule has 8 aromatic carbocycles. The van der Waals surface area contributed by atoms with E-state index in [9.17, 15) is 0 Å². The molecule has 10 aromatic rings. The van der Waals surface area contributed by atoms with Gasteiger partial charge in [0.05, 0.1) is 27.5 Å². The number of fused-ring (bicyclic) bond motifs is 11. The van der Waals surface area contributed by atoms with Crippen molar-refractivity contribution in [1.82, 2.24) is 9.13 Å². The first-order valence-electron chi connectivity index (χ1n) is 21.2. The molecule has 0 bridgehead atoms. The van der Waals surface area contributed by atoms with E-state index in [2.05, 4.69) is 219 Å². The summed E-state index contributed by atoms with van der Waals surface area (Å²) in [6.45, 7) is 9.76. The third kappa shape index (κ3) is 4.63. The van der Waals surface area contributed by atoms with Crippen molar-refractivity contribution in [3.05, 3.63) is 215 Å². The second-order valence-corrected chi connectivity index (χ2v) is 18.3. The lowest BCUT2D eigenvalue weighted by Gasteiger charge is -2.42. The number of benzene rings is 8. The van der Waals surface area contributed by atoms with Crippen LogP contribution in [0, 0.1) is 0 Å². The molecule has 2 nitrogen and oxygen atoms in total. The lowest BCUT2D eigenvalue weighted by atomic mass is 9.63. The fourth-order valence-corrected chi connectivity index (χ4v) is 11.3. The zero-order valence-corrected chi connectivity index (χ0v) is 34.1. The van der Waals surface area contributed by atoms with Gasteiger partial charge in [0.1, 0.15) is 0 Å². The van der Waals surface area contributed by atoms with Crippen molar-refractivity contribution in [2.75, 3.05) is 0 Å². The molecule has 12 rings (SSSR count). The highest BCUT2D eigenvalue weighted by molar-refractivity contribution is 6.24. The summed E-state index contributed by atoms with van der Waals surface area (Å²) < 4.78 is 5.14. The van der Waals surface area contributed by atoms with Crippen molar-refractivity contribution in [1.29, 1.82) is 0 Å². The zero-order valence-electron chi connectivity index (χ0n) is 34.1. The summed E-state index contributed by atoms with van der Waals surface area (Å²) in [6, 6.07) is 68.6. The van der Waals surface area contributed by atoms with Gasteiger partial charge in [-0.2, -0.15) is 0 Å². The van der Waals surface area contributed by atoms with Crippen LogP contribution in [-0.2, 0) is 16.2 Å². The number of hydrogen-bond acceptors (Lipinski definition) is 0. The van der Waals surface area contributed by atoms with Crippen LogP contribution < -0.4 is 0 Å². The quantitative estimate of drug-likeness (QED) is 0.169. The predicted molar refractivity (Wildman–Crippen MR) is 248 cm³/mol. The average molecular weight is 759 g/mol. The summed E-state index contributed by atoms with van der Waals surface area (Å²) in [5.41, 5.74) is 17.8. The van der Waals surface area contributed by atoms with Crippen LogP contribution in [-0.4, -0.2) is 9.13 Å². The molecule has 284 valence electrons. The molecule has 59 heavy (non-hydrogen) atoms. The maximum absolute atomic E-state index is 2.57. The van der Waals surface area contributed by atoms with E-state index in [1.54, 1.807) is 0 Å². The van der Waals surface area contributed by atoms with Gasteiger partial charge in [0.25, 0.3) is 0 Å². The monoisotopic (exact) mass is 758 g/mol. The summed E-state index contributed by atoms with van der Waals surface area (Å²) >= 11 is 0. The number of hydrogen-bond donors (Lipinski definition) is 0. The number of nitrogens with zero attached hydrogens (tertiary/aromatic N) is 2. The van der Waals surface area contributed by atoms with Crippen molar-refractivity contribution in [2.45, 2.75) is 56.8 Å². The van der Waals surface area contributed by atoms with E-state index in [1.807, 2.05) is 0 Å². The summed E-state index contributed by atoms with van der Waals surface area (Å²) in [6.07, 6.45) is 2.36. The van der Waals surface area contributed by atoms with Gasteiger partial charge >= 0.3 is 0 Å². The Kier molecular flexibility index (Phi) is 7.11. The van der Waals surface area contributed by atoms with E-state index >= 15 is 0 Å². The van der Waals surface area contributed by atoms with Gasteiger partial charge in [-0.25, -0.2) is 0 Å². The molecule has 0 radical (unpaired) electrons. The minimum Gasteiger partial charge on any atom is -0.307 e. The van der Waals surface area contributed by atoms with Crippen molar-refractivity contribution >= 4 is 43.6 Å². The summed E-state index contributed by atoms with van der Waals surface area (Å²) in [7, 11) is 0. The summed E-state index contributed by atoms with van der Waals surface area (Å²) in [5.74, 6) is 0. The van der Waals surface area contributed by atoms with Crippen molar-refractivity contribution in [3.63, 3.8) is 0 Å². The second kappa shape index (κ2) is 12.2. The summed E-state index contributed by atoms with van der Waals surface area (Å²) in [4.78, 5) is 0. The molecular formula is C57H46N2. The molecule has 0 N–H and O–H groups in total.